The number of rotatable bonds is 1. The largest absolute Gasteiger partial charge is 0.507 e. The van der Waals surface area contributed by atoms with Crippen LogP contribution in [0.1, 0.15) is 0 Å². The van der Waals surface area contributed by atoms with E-state index in [0.717, 1.165) is 0 Å². The van der Waals surface area contributed by atoms with Crippen LogP contribution in [-0.2, 0) is 0 Å². The van der Waals surface area contributed by atoms with E-state index in [1.54, 1.807) is 24.3 Å². The maximum atomic E-state index is 12.1. The van der Waals surface area contributed by atoms with Crippen LogP contribution in [0.4, 0.5) is 0 Å². The number of para-hydroxylation sites is 1. The summed E-state index contributed by atoms with van der Waals surface area (Å²) in [6.07, 6.45) is 0. The topological polar surface area (TPSA) is 55.1 Å². The summed E-state index contributed by atoms with van der Waals surface area (Å²) < 4.78 is 1.42. The van der Waals surface area contributed by atoms with Crippen LogP contribution in [0.5, 0.6) is 5.75 Å². The molecular formula is C14H9ClN2O2. The van der Waals surface area contributed by atoms with Gasteiger partial charge in [-0.1, -0.05) is 29.8 Å². The fraction of sp³-hybridized carbons (Fsp3) is 0. The average Bonchev–Trinajstić information content (AvgIpc) is 2.39. The quantitative estimate of drug-likeness (QED) is 0.693. The summed E-state index contributed by atoms with van der Waals surface area (Å²) in [6.45, 7) is 0. The Labute approximate surface area is 113 Å². The predicted molar refractivity (Wildman–Crippen MR) is 74.0 cm³/mol. The molecule has 3 aromatic rings. The number of aromatic nitrogens is 2. The Kier molecular flexibility index (Phi) is 2.72. The van der Waals surface area contributed by atoms with Crippen molar-refractivity contribution in [2.24, 2.45) is 0 Å². The lowest BCUT2D eigenvalue weighted by Crippen LogP contribution is -2.18. The molecule has 3 rings (SSSR count). The van der Waals surface area contributed by atoms with Gasteiger partial charge >= 0.3 is 0 Å². The molecule has 0 radical (unpaired) electrons. The molecule has 0 fully saturated rings. The van der Waals surface area contributed by atoms with Gasteiger partial charge in [-0.05, 0) is 24.3 Å². The average molecular weight is 273 g/mol. The SMILES string of the molecule is O=c1cc(O)c2ccc(Cl)nc2n1-c1ccccc1. The first-order chi connectivity index (χ1) is 9.16. The van der Waals surface area contributed by atoms with E-state index in [1.807, 2.05) is 18.2 Å². The number of nitrogens with zero attached hydrogens (tertiary/aromatic N) is 2. The molecule has 19 heavy (non-hydrogen) atoms. The molecule has 0 amide bonds. The predicted octanol–water partition coefficient (Wildman–Crippen LogP) is 2.74. The zero-order chi connectivity index (χ0) is 13.4. The molecule has 0 spiro atoms. The molecule has 0 bridgehead atoms. The molecule has 0 aliphatic rings. The van der Waals surface area contributed by atoms with E-state index in [1.165, 1.54) is 10.6 Å². The van der Waals surface area contributed by atoms with E-state index in [2.05, 4.69) is 4.98 Å². The van der Waals surface area contributed by atoms with Crippen LogP contribution < -0.4 is 5.56 Å². The summed E-state index contributed by atoms with van der Waals surface area (Å²) in [5.74, 6) is -0.101. The number of benzene rings is 1. The number of aromatic hydroxyl groups is 1. The van der Waals surface area contributed by atoms with Gasteiger partial charge in [0.15, 0.2) is 5.65 Å². The van der Waals surface area contributed by atoms with Crippen molar-refractivity contribution in [1.29, 1.82) is 0 Å². The van der Waals surface area contributed by atoms with Crippen molar-refractivity contribution in [3.63, 3.8) is 0 Å². The minimum absolute atomic E-state index is 0.101. The van der Waals surface area contributed by atoms with Crippen molar-refractivity contribution >= 4 is 22.6 Å². The number of hydrogen-bond donors (Lipinski definition) is 1. The van der Waals surface area contributed by atoms with Crippen LogP contribution in [0, 0.1) is 0 Å². The van der Waals surface area contributed by atoms with E-state index in [9.17, 15) is 9.90 Å². The fourth-order valence-electron chi connectivity index (χ4n) is 1.99. The number of halogens is 1. The Morgan fingerprint density at radius 3 is 2.58 bits per heavy atom. The summed E-state index contributed by atoms with van der Waals surface area (Å²) in [7, 11) is 0. The molecule has 5 heteroatoms. The molecule has 2 heterocycles. The molecule has 1 N–H and O–H groups in total. The third-order valence-electron chi connectivity index (χ3n) is 2.82. The maximum absolute atomic E-state index is 12.1. The van der Waals surface area contributed by atoms with Crippen LogP contribution in [0.3, 0.4) is 0 Å². The Morgan fingerprint density at radius 1 is 1.11 bits per heavy atom. The summed E-state index contributed by atoms with van der Waals surface area (Å²) in [6, 6.07) is 13.5. The smallest absolute Gasteiger partial charge is 0.260 e. The van der Waals surface area contributed by atoms with Crippen molar-refractivity contribution in [3.05, 3.63) is 64.0 Å². The molecule has 0 saturated carbocycles. The van der Waals surface area contributed by atoms with E-state index in [-0.39, 0.29) is 16.5 Å². The standard InChI is InChI=1S/C14H9ClN2O2/c15-12-7-6-10-11(18)8-13(19)17(14(10)16-12)9-4-2-1-3-5-9/h1-8,18H. The normalized spacial score (nSPS) is 10.8. The summed E-state index contributed by atoms with van der Waals surface area (Å²) in [5, 5.41) is 10.6. The van der Waals surface area contributed by atoms with Gasteiger partial charge in [0.2, 0.25) is 0 Å². The minimum atomic E-state index is -0.356. The monoisotopic (exact) mass is 272 g/mol. The first kappa shape index (κ1) is 11.7. The number of fused-ring (bicyclic) bond motifs is 1. The van der Waals surface area contributed by atoms with Gasteiger partial charge in [0, 0.05) is 6.07 Å². The third-order valence-corrected chi connectivity index (χ3v) is 3.03. The zero-order valence-electron chi connectivity index (χ0n) is 9.75. The third kappa shape index (κ3) is 1.96. The van der Waals surface area contributed by atoms with Crippen molar-refractivity contribution < 1.29 is 5.11 Å². The van der Waals surface area contributed by atoms with E-state index in [4.69, 9.17) is 11.6 Å². The zero-order valence-corrected chi connectivity index (χ0v) is 10.5. The van der Waals surface area contributed by atoms with Crippen molar-refractivity contribution in [2.45, 2.75) is 0 Å². The highest BCUT2D eigenvalue weighted by molar-refractivity contribution is 6.29. The van der Waals surface area contributed by atoms with E-state index in [0.29, 0.717) is 16.7 Å². The summed E-state index contributed by atoms with van der Waals surface area (Å²) in [5.41, 5.74) is 0.655. The highest BCUT2D eigenvalue weighted by Crippen LogP contribution is 2.24. The highest BCUT2D eigenvalue weighted by atomic mass is 35.5. The van der Waals surface area contributed by atoms with Crippen molar-refractivity contribution in [1.82, 2.24) is 9.55 Å². The first-order valence-corrected chi connectivity index (χ1v) is 6.01. The molecule has 94 valence electrons. The molecule has 4 nitrogen and oxygen atoms in total. The minimum Gasteiger partial charge on any atom is -0.507 e. The second-order valence-corrected chi connectivity index (χ2v) is 4.43. The number of pyridine rings is 2. The van der Waals surface area contributed by atoms with Gasteiger partial charge in [0.05, 0.1) is 11.1 Å². The van der Waals surface area contributed by atoms with Gasteiger partial charge in [-0.2, -0.15) is 0 Å². The Hall–Kier alpha value is -2.33. The second-order valence-electron chi connectivity index (χ2n) is 4.04. The Morgan fingerprint density at radius 2 is 1.84 bits per heavy atom. The molecule has 1 aromatic carbocycles. The van der Waals surface area contributed by atoms with Crippen LogP contribution >= 0.6 is 11.6 Å². The molecule has 0 unspecified atom stereocenters. The lowest BCUT2D eigenvalue weighted by molar-refractivity contribution is 0.480. The lowest BCUT2D eigenvalue weighted by atomic mass is 10.2. The summed E-state index contributed by atoms with van der Waals surface area (Å²) >= 11 is 5.87. The fourth-order valence-corrected chi connectivity index (χ4v) is 2.13. The molecule has 0 aliphatic heterocycles. The number of hydrogen-bond acceptors (Lipinski definition) is 3. The Balaban J connectivity index is 2.48. The van der Waals surface area contributed by atoms with Crippen molar-refractivity contribution in [3.8, 4) is 11.4 Å². The van der Waals surface area contributed by atoms with Gasteiger partial charge < -0.3 is 5.11 Å². The van der Waals surface area contributed by atoms with Gasteiger partial charge in [0.25, 0.3) is 5.56 Å². The van der Waals surface area contributed by atoms with Crippen LogP contribution in [0.15, 0.2) is 53.3 Å². The van der Waals surface area contributed by atoms with Gasteiger partial charge in [0.1, 0.15) is 10.9 Å². The molecule has 2 aromatic heterocycles. The second kappa shape index (κ2) is 4.40. The molecular weight excluding hydrogens is 264 g/mol. The van der Waals surface area contributed by atoms with Crippen LogP contribution in [-0.4, -0.2) is 14.7 Å². The molecule has 0 saturated heterocycles. The van der Waals surface area contributed by atoms with Crippen LogP contribution in [0.25, 0.3) is 16.7 Å². The van der Waals surface area contributed by atoms with Crippen molar-refractivity contribution in [2.75, 3.05) is 0 Å². The highest BCUT2D eigenvalue weighted by Gasteiger charge is 2.11. The van der Waals surface area contributed by atoms with Gasteiger partial charge in [-0.3, -0.25) is 9.36 Å². The van der Waals surface area contributed by atoms with E-state index < -0.39 is 0 Å². The van der Waals surface area contributed by atoms with E-state index >= 15 is 0 Å². The first-order valence-electron chi connectivity index (χ1n) is 5.63. The maximum Gasteiger partial charge on any atom is 0.260 e. The van der Waals surface area contributed by atoms with Gasteiger partial charge in [-0.15, -0.1) is 0 Å². The molecule has 0 atom stereocenters. The van der Waals surface area contributed by atoms with Gasteiger partial charge in [-0.25, -0.2) is 4.98 Å². The Bertz CT molecular complexity index is 813. The summed E-state index contributed by atoms with van der Waals surface area (Å²) in [4.78, 5) is 16.2. The van der Waals surface area contributed by atoms with Crippen LogP contribution in [0.2, 0.25) is 5.15 Å². The lowest BCUT2D eigenvalue weighted by Gasteiger charge is -2.10. The molecule has 0 aliphatic carbocycles.